The third-order valence-electron chi connectivity index (χ3n) is 5.27. The molecule has 9 heteroatoms. The number of amides is 1. The molecule has 1 unspecified atom stereocenters. The molecule has 0 spiro atoms. The van der Waals surface area contributed by atoms with Gasteiger partial charge in [-0.3, -0.25) is 9.79 Å². The summed E-state index contributed by atoms with van der Waals surface area (Å²) in [6.07, 6.45) is -2.30. The van der Waals surface area contributed by atoms with Gasteiger partial charge in [0.1, 0.15) is 12.4 Å². The van der Waals surface area contributed by atoms with Gasteiger partial charge in [-0.15, -0.1) is 0 Å². The van der Waals surface area contributed by atoms with Gasteiger partial charge >= 0.3 is 6.18 Å². The predicted molar refractivity (Wildman–Crippen MR) is 109 cm³/mol. The van der Waals surface area contributed by atoms with Gasteiger partial charge in [-0.2, -0.15) is 13.2 Å². The van der Waals surface area contributed by atoms with Crippen molar-refractivity contribution in [3.8, 4) is 11.5 Å². The highest BCUT2D eigenvalue weighted by atomic mass is 19.4. The molecular weight excluding hydrogens is 411 g/mol. The molecule has 1 amide bonds. The first kappa shape index (κ1) is 20.8. The van der Waals surface area contributed by atoms with Crippen LogP contribution in [0.1, 0.15) is 29.0 Å². The molecule has 4 rings (SSSR count). The van der Waals surface area contributed by atoms with E-state index in [9.17, 15) is 18.0 Å². The lowest BCUT2D eigenvalue weighted by Gasteiger charge is -2.26. The third-order valence-corrected chi connectivity index (χ3v) is 5.27. The Morgan fingerprint density at radius 1 is 1.19 bits per heavy atom. The predicted octanol–water partition coefficient (Wildman–Crippen LogP) is 3.82. The Balaban J connectivity index is 1.58. The van der Waals surface area contributed by atoms with E-state index in [2.05, 4.69) is 10.3 Å². The number of fused-ring (bicyclic) bond motifs is 1. The van der Waals surface area contributed by atoms with Gasteiger partial charge in [0.2, 0.25) is 5.91 Å². The van der Waals surface area contributed by atoms with E-state index in [0.29, 0.717) is 23.9 Å². The number of hydrogen-bond donors (Lipinski definition) is 2. The normalized spacial score (nSPS) is 18.1. The number of hydrogen-bond acceptors (Lipinski definition) is 5. The van der Waals surface area contributed by atoms with Crippen molar-refractivity contribution in [3.63, 3.8) is 0 Å². The standard InChI is InChI=1S/C22H20F3N3O3/c1-30-19-8-12(16-10-20(29)28-21-15(16)6-7-27-21)3-5-18(19)31-11-13-2-4-14(26)9-17(13)22(23,24)25/h2-6,8-9,16H,7,10-11,26H2,1H3,(H,27,28,29). The summed E-state index contributed by atoms with van der Waals surface area (Å²) in [6, 6.07) is 8.75. The van der Waals surface area contributed by atoms with E-state index < -0.39 is 11.7 Å². The van der Waals surface area contributed by atoms with Crippen LogP contribution >= 0.6 is 0 Å². The van der Waals surface area contributed by atoms with Crippen molar-refractivity contribution in [2.75, 3.05) is 19.4 Å². The number of rotatable bonds is 5. The molecule has 0 aromatic heterocycles. The highest BCUT2D eigenvalue weighted by Gasteiger charge is 2.34. The van der Waals surface area contributed by atoms with Crippen LogP contribution in [0.5, 0.6) is 11.5 Å². The molecule has 2 aromatic carbocycles. The van der Waals surface area contributed by atoms with E-state index >= 15 is 0 Å². The van der Waals surface area contributed by atoms with Crippen molar-refractivity contribution in [1.82, 2.24) is 5.32 Å². The molecule has 1 fully saturated rings. The van der Waals surface area contributed by atoms with Crippen molar-refractivity contribution in [2.24, 2.45) is 4.99 Å². The summed E-state index contributed by atoms with van der Waals surface area (Å²) in [5.41, 5.74) is 6.45. The molecule has 2 heterocycles. The number of nitrogen functional groups attached to an aromatic ring is 1. The summed E-state index contributed by atoms with van der Waals surface area (Å²) in [6.45, 7) is 0.210. The molecule has 0 aliphatic carbocycles. The number of benzene rings is 2. The number of alkyl halides is 3. The number of carbonyl (C=O) groups excluding carboxylic acids is 1. The molecule has 6 nitrogen and oxygen atoms in total. The van der Waals surface area contributed by atoms with E-state index in [4.69, 9.17) is 15.2 Å². The van der Waals surface area contributed by atoms with Crippen LogP contribution < -0.4 is 20.5 Å². The molecule has 0 radical (unpaired) electrons. The SMILES string of the molecule is COc1cc(C2CC(=O)NC3=NCC=C32)ccc1OCc1ccc(N)cc1C(F)(F)F. The molecule has 2 aliphatic heterocycles. The number of anilines is 1. The summed E-state index contributed by atoms with van der Waals surface area (Å²) in [5.74, 6) is 0.955. The van der Waals surface area contributed by atoms with Crippen molar-refractivity contribution in [1.29, 1.82) is 0 Å². The van der Waals surface area contributed by atoms with Gasteiger partial charge in [0.05, 0.1) is 19.2 Å². The summed E-state index contributed by atoms with van der Waals surface area (Å²) < 4.78 is 51.0. The molecule has 3 N–H and O–H groups in total. The molecule has 2 aliphatic rings. The Morgan fingerprint density at radius 2 is 2.00 bits per heavy atom. The van der Waals surface area contributed by atoms with Crippen LogP contribution in [0.3, 0.4) is 0 Å². The lowest BCUT2D eigenvalue weighted by Crippen LogP contribution is -2.38. The van der Waals surface area contributed by atoms with Gasteiger partial charge < -0.3 is 20.5 Å². The topological polar surface area (TPSA) is 85.9 Å². The molecule has 31 heavy (non-hydrogen) atoms. The summed E-state index contributed by atoms with van der Waals surface area (Å²) in [5, 5.41) is 2.76. The van der Waals surface area contributed by atoms with Crippen LogP contribution in [0.15, 0.2) is 53.0 Å². The number of amidine groups is 1. The van der Waals surface area contributed by atoms with E-state index in [-0.39, 0.29) is 36.1 Å². The average Bonchev–Trinajstić information content (AvgIpc) is 3.19. The second-order valence-electron chi connectivity index (χ2n) is 7.27. The van der Waals surface area contributed by atoms with Crippen LogP contribution in [0, 0.1) is 0 Å². The molecule has 1 atom stereocenters. The zero-order chi connectivity index (χ0) is 22.2. The number of piperidine rings is 1. The summed E-state index contributed by atoms with van der Waals surface area (Å²) in [4.78, 5) is 16.3. The lowest BCUT2D eigenvalue weighted by atomic mass is 9.85. The first-order valence-corrected chi connectivity index (χ1v) is 9.57. The second kappa shape index (κ2) is 7.98. The van der Waals surface area contributed by atoms with Crippen molar-refractivity contribution >= 4 is 17.4 Å². The first-order valence-electron chi connectivity index (χ1n) is 9.57. The van der Waals surface area contributed by atoms with Gasteiger partial charge in [-0.05, 0) is 29.8 Å². The highest BCUT2D eigenvalue weighted by molar-refractivity contribution is 6.12. The Kier molecular flexibility index (Phi) is 5.34. The molecule has 0 saturated carbocycles. The van der Waals surface area contributed by atoms with Crippen molar-refractivity contribution in [2.45, 2.75) is 25.1 Å². The van der Waals surface area contributed by atoms with Gasteiger partial charge in [0.25, 0.3) is 0 Å². The molecular formula is C22H20F3N3O3. The number of nitrogens with zero attached hydrogens (tertiary/aromatic N) is 1. The number of ether oxygens (including phenoxy) is 2. The quantitative estimate of drug-likeness (QED) is 0.705. The highest BCUT2D eigenvalue weighted by Crippen LogP contribution is 2.39. The monoisotopic (exact) mass is 431 g/mol. The van der Waals surface area contributed by atoms with Crippen LogP contribution in [0.2, 0.25) is 0 Å². The minimum absolute atomic E-state index is 0.0265. The zero-order valence-corrected chi connectivity index (χ0v) is 16.6. The number of nitrogens with two attached hydrogens (primary N) is 1. The molecule has 1 saturated heterocycles. The van der Waals surface area contributed by atoms with Gasteiger partial charge in [0, 0.05) is 29.2 Å². The summed E-state index contributed by atoms with van der Waals surface area (Å²) >= 11 is 0. The Bertz CT molecular complexity index is 1090. The maximum absolute atomic E-state index is 13.3. The van der Waals surface area contributed by atoms with Gasteiger partial charge in [0.15, 0.2) is 11.5 Å². The van der Waals surface area contributed by atoms with Crippen LogP contribution in [0.25, 0.3) is 0 Å². The third kappa shape index (κ3) is 4.21. The van der Waals surface area contributed by atoms with Crippen LogP contribution in [-0.4, -0.2) is 25.4 Å². The van der Waals surface area contributed by atoms with Gasteiger partial charge in [-0.25, -0.2) is 0 Å². The Morgan fingerprint density at radius 3 is 2.74 bits per heavy atom. The number of halogens is 3. The summed E-state index contributed by atoms with van der Waals surface area (Å²) in [7, 11) is 1.45. The van der Waals surface area contributed by atoms with Crippen molar-refractivity contribution < 1.29 is 27.4 Å². The first-order chi connectivity index (χ1) is 14.8. The Hall–Kier alpha value is -3.49. The fourth-order valence-corrected chi connectivity index (χ4v) is 3.78. The average molecular weight is 431 g/mol. The fraction of sp³-hybridized carbons (Fsp3) is 0.273. The number of nitrogens with one attached hydrogen (secondary N) is 1. The van der Waals surface area contributed by atoms with Gasteiger partial charge in [-0.1, -0.05) is 18.2 Å². The maximum Gasteiger partial charge on any atom is 0.416 e. The van der Waals surface area contributed by atoms with Crippen molar-refractivity contribution in [3.05, 3.63) is 64.7 Å². The zero-order valence-electron chi connectivity index (χ0n) is 16.6. The molecule has 0 bridgehead atoms. The number of methoxy groups -OCH3 is 1. The Labute approximate surface area is 176 Å². The minimum Gasteiger partial charge on any atom is -0.493 e. The lowest BCUT2D eigenvalue weighted by molar-refractivity contribution is -0.138. The van der Waals surface area contributed by atoms with Crippen LogP contribution in [-0.2, 0) is 17.6 Å². The second-order valence-corrected chi connectivity index (χ2v) is 7.27. The van der Waals surface area contributed by atoms with E-state index in [1.54, 1.807) is 18.2 Å². The smallest absolute Gasteiger partial charge is 0.416 e. The minimum atomic E-state index is -4.54. The van der Waals surface area contributed by atoms with E-state index in [1.807, 2.05) is 6.08 Å². The fourth-order valence-electron chi connectivity index (χ4n) is 3.78. The largest absolute Gasteiger partial charge is 0.493 e. The number of aliphatic imine (C=N–C) groups is 1. The van der Waals surface area contributed by atoms with E-state index in [1.165, 1.54) is 19.2 Å². The number of carbonyl (C=O) groups is 1. The van der Waals surface area contributed by atoms with Crippen LogP contribution in [0.4, 0.5) is 18.9 Å². The van der Waals surface area contributed by atoms with E-state index in [0.717, 1.165) is 17.2 Å². The molecule has 2 aromatic rings. The maximum atomic E-state index is 13.3. The molecule has 162 valence electrons.